The van der Waals surface area contributed by atoms with Gasteiger partial charge in [0.25, 0.3) is 5.91 Å². The van der Waals surface area contributed by atoms with Gasteiger partial charge in [0.1, 0.15) is 5.56 Å². The fourth-order valence-electron chi connectivity index (χ4n) is 2.15. The van der Waals surface area contributed by atoms with Crippen molar-refractivity contribution in [3.63, 3.8) is 0 Å². The molecule has 110 valence electrons. The van der Waals surface area contributed by atoms with E-state index in [-0.39, 0.29) is 11.8 Å². The highest BCUT2D eigenvalue weighted by Gasteiger charge is 2.18. The van der Waals surface area contributed by atoms with Gasteiger partial charge in [0, 0.05) is 25.8 Å². The van der Waals surface area contributed by atoms with E-state index in [2.05, 4.69) is 10.3 Å². The SMILES string of the molecule is COc1ccc(C(=O)NCC2CCOCC2)c(OC)n1. The van der Waals surface area contributed by atoms with Gasteiger partial charge in [0.15, 0.2) is 0 Å². The Labute approximate surface area is 118 Å². The molecule has 1 aliphatic rings. The third-order valence-corrected chi connectivity index (χ3v) is 3.37. The first-order valence-electron chi connectivity index (χ1n) is 6.69. The standard InChI is InChI=1S/C14H20N2O4/c1-18-12-4-3-11(14(16-12)19-2)13(17)15-9-10-5-7-20-8-6-10/h3-4,10H,5-9H2,1-2H3,(H,15,17). The van der Waals surface area contributed by atoms with Crippen LogP contribution in [0.5, 0.6) is 11.8 Å². The molecule has 0 unspecified atom stereocenters. The lowest BCUT2D eigenvalue weighted by Crippen LogP contribution is -2.32. The zero-order chi connectivity index (χ0) is 14.4. The minimum absolute atomic E-state index is 0.177. The largest absolute Gasteiger partial charge is 0.481 e. The van der Waals surface area contributed by atoms with E-state index < -0.39 is 0 Å². The third kappa shape index (κ3) is 3.60. The highest BCUT2D eigenvalue weighted by Crippen LogP contribution is 2.20. The van der Waals surface area contributed by atoms with Gasteiger partial charge >= 0.3 is 0 Å². The molecule has 1 aromatic rings. The van der Waals surface area contributed by atoms with Gasteiger partial charge in [-0.1, -0.05) is 0 Å². The van der Waals surface area contributed by atoms with Crippen molar-refractivity contribution in [1.29, 1.82) is 0 Å². The number of rotatable bonds is 5. The normalized spacial score (nSPS) is 15.7. The van der Waals surface area contributed by atoms with Crippen LogP contribution in [0.2, 0.25) is 0 Å². The maximum atomic E-state index is 12.2. The van der Waals surface area contributed by atoms with Crippen molar-refractivity contribution in [3.8, 4) is 11.8 Å². The molecular formula is C14H20N2O4. The van der Waals surface area contributed by atoms with Gasteiger partial charge in [0.2, 0.25) is 11.8 Å². The molecule has 0 bridgehead atoms. The van der Waals surface area contributed by atoms with Crippen LogP contribution in [0.3, 0.4) is 0 Å². The maximum absolute atomic E-state index is 12.2. The van der Waals surface area contributed by atoms with Crippen molar-refractivity contribution < 1.29 is 19.0 Å². The van der Waals surface area contributed by atoms with Gasteiger partial charge in [-0.3, -0.25) is 4.79 Å². The predicted molar refractivity (Wildman–Crippen MR) is 73.2 cm³/mol. The highest BCUT2D eigenvalue weighted by molar-refractivity contribution is 5.96. The van der Waals surface area contributed by atoms with Crippen LogP contribution in [0.4, 0.5) is 0 Å². The van der Waals surface area contributed by atoms with Crippen molar-refractivity contribution in [3.05, 3.63) is 17.7 Å². The van der Waals surface area contributed by atoms with E-state index >= 15 is 0 Å². The Morgan fingerprint density at radius 3 is 2.75 bits per heavy atom. The smallest absolute Gasteiger partial charge is 0.256 e. The summed E-state index contributed by atoms with van der Waals surface area (Å²) in [6, 6.07) is 3.30. The van der Waals surface area contributed by atoms with E-state index in [0.29, 0.717) is 23.9 Å². The van der Waals surface area contributed by atoms with E-state index in [1.54, 1.807) is 12.1 Å². The summed E-state index contributed by atoms with van der Waals surface area (Å²) >= 11 is 0. The molecule has 6 heteroatoms. The lowest BCUT2D eigenvalue weighted by Gasteiger charge is -2.22. The molecule has 1 saturated heterocycles. The van der Waals surface area contributed by atoms with Crippen LogP contribution < -0.4 is 14.8 Å². The van der Waals surface area contributed by atoms with Crippen LogP contribution in [-0.2, 0) is 4.74 Å². The van der Waals surface area contributed by atoms with Gasteiger partial charge in [-0.05, 0) is 24.8 Å². The Kier molecular flexibility index (Phi) is 5.17. The first kappa shape index (κ1) is 14.6. The fourth-order valence-corrected chi connectivity index (χ4v) is 2.15. The summed E-state index contributed by atoms with van der Waals surface area (Å²) in [5.74, 6) is 0.991. The van der Waals surface area contributed by atoms with Gasteiger partial charge in [0.05, 0.1) is 14.2 Å². The van der Waals surface area contributed by atoms with Crippen LogP contribution >= 0.6 is 0 Å². The van der Waals surface area contributed by atoms with Gasteiger partial charge in [-0.15, -0.1) is 0 Å². The number of pyridine rings is 1. The molecule has 2 heterocycles. The van der Waals surface area contributed by atoms with Crippen molar-refractivity contribution in [2.75, 3.05) is 34.0 Å². The van der Waals surface area contributed by atoms with E-state index in [0.717, 1.165) is 26.1 Å². The van der Waals surface area contributed by atoms with Crippen LogP contribution in [0.15, 0.2) is 12.1 Å². The van der Waals surface area contributed by atoms with Gasteiger partial charge in [-0.2, -0.15) is 4.98 Å². The second-order valence-corrected chi connectivity index (χ2v) is 4.68. The Balaban J connectivity index is 1.97. The second-order valence-electron chi connectivity index (χ2n) is 4.68. The zero-order valence-corrected chi connectivity index (χ0v) is 11.8. The van der Waals surface area contributed by atoms with Gasteiger partial charge in [-0.25, -0.2) is 0 Å². The second kappa shape index (κ2) is 7.09. The summed E-state index contributed by atoms with van der Waals surface area (Å²) in [6.07, 6.45) is 1.97. The van der Waals surface area contributed by atoms with Gasteiger partial charge < -0.3 is 19.5 Å². The molecule has 6 nitrogen and oxygen atoms in total. The van der Waals surface area contributed by atoms with Crippen LogP contribution in [0.25, 0.3) is 0 Å². The molecule has 0 aromatic carbocycles. The molecule has 0 spiro atoms. The zero-order valence-electron chi connectivity index (χ0n) is 11.8. The fraction of sp³-hybridized carbons (Fsp3) is 0.571. The van der Waals surface area contributed by atoms with Crippen molar-refractivity contribution >= 4 is 5.91 Å². The molecular weight excluding hydrogens is 260 g/mol. The van der Waals surface area contributed by atoms with Crippen molar-refractivity contribution in [1.82, 2.24) is 10.3 Å². The minimum atomic E-state index is -0.177. The van der Waals surface area contributed by atoms with Crippen LogP contribution in [0.1, 0.15) is 23.2 Å². The quantitative estimate of drug-likeness (QED) is 0.879. The summed E-state index contributed by atoms with van der Waals surface area (Å²) in [7, 11) is 3.00. The van der Waals surface area contributed by atoms with Crippen LogP contribution in [0, 0.1) is 5.92 Å². The number of carbonyl (C=O) groups excluding carboxylic acids is 1. The number of amides is 1. The Morgan fingerprint density at radius 1 is 1.35 bits per heavy atom. The maximum Gasteiger partial charge on any atom is 0.256 e. The van der Waals surface area contributed by atoms with E-state index in [1.807, 2.05) is 0 Å². The average Bonchev–Trinajstić information content (AvgIpc) is 2.52. The Bertz CT molecular complexity index is 458. The number of hydrogen-bond donors (Lipinski definition) is 1. The molecule has 0 aliphatic carbocycles. The molecule has 2 rings (SSSR count). The number of carbonyl (C=O) groups is 1. The molecule has 20 heavy (non-hydrogen) atoms. The average molecular weight is 280 g/mol. The molecule has 0 radical (unpaired) electrons. The molecule has 1 aromatic heterocycles. The van der Waals surface area contributed by atoms with E-state index in [4.69, 9.17) is 14.2 Å². The highest BCUT2D eigenvalue weighted by atomic mass is 16.5. The first-order valence-corrected chi connectivity index (χ1v) is 6.69. The summed E-state index contributed by atoms with van der Waals surface area (Å²) in [5, 5.41) is 2.93. The van der Waals surface area contributed by atoms with E-state index in [1.165, 1.54) is 14.2 Å². The molecule has 0 atom stereocenters. The Morgan fingerprint density at radius 2 is 2.10 bits per heavy atom. The summed E-state index contributed by atoms with van der Waals surface area (Å²) in [6.45, 7) is 2.19. The number of aromatic nitrogens is 1. The lowest BCUT2D eigenvalue weighted by molar-refractivity contribution is 0.0642. The summed E-state index contributed by atoms with van der Waals surface area (Å²) < 4.78 is 15.4. The van der Waals surface area contributed by atoms with E-state index in [9.17, 15) is 4.79 Å². The number of methoxy groups -OCH3 is 2. The third-order valence-electron chi connectivity index (χ3n) is 3.37. The minimum Gasteiger partial charge on any atom is -0.481 e. The van der Waals surface area contributed by atoms with Crippen molar-refractivity contribution in [2.45, 2.75) is 12.8 Å². The lowest BCUT2D eigenvalue weighted by atomic mass is 10.0. The van der Waals surface area contributed by atoms with Crippen molar-refractivity contribution in [2.24, 2.45) is 5.92 Å². The molecule has 0 saturated carbocycles. The molecule has 1 N–H and O–H groups in total. The first-order chi connectivity index (χ1) is 9.74. The topological polar surface area (TPSA) is 69.7 Å². The number of ether oxygens (including phenoxy) is 3. The molecule has 1 amide bonds. The summed E-state index contributed by atoms with van der Waals surface area (Å²) in [5.41, 5.74) is 0.417. The number of nitrogens with one attached hydrogen (secondary N) is 1. The molecule has 1 aliphatic heterocycles. The molecule has 1 fully saturated rings. The number of hydrogen-bond acceptors (Lipinski definition) is 5. The number of nitrogens with zero attached hydrogens (tertiary/aromatic N) is 1. The predicted octanol–water partition coefficient (Wildman–Crippen LogP) is 1.26. The monoisotopic (exact) mass is 280 g/mol. The Hall–Kier alpha value is -1.82. The summed E-state index contributed by atoms with van der Waals surface area (Å²) in [4.78, 5) is 16.3. The van der Waals surface area contributed by atoms with Crippen LogP contribution in [-0.4, -0.2) is 44.9 Å².